The van der Waals surface area contributed by atoms with E-state index in [9.17, 15) is 15.0 Å². The Morgan fingerprint density at radius 1 is 1.34 bits per heavy atom. The molecule has 1 fully saturated rings. The Balaban J connectivity index is 1.90. The molecule has 2 aromatic heterocycles. The molecular weight excluding hydrogens is 376 g/mol. The molecule has 160 valence electrons. The monoisotopic (exact) mass is 406 g/mol. The zero-order valence-corrected chi connectivity index (χ0v) is 16.6. The van der Waals surface area contributed by atoms with E-state index in [0.29, 0.717) is 24.1 Å². The third kappa shape index (κ3) is 4.47. The number of aliphatic hydroxyl groups excluding tert-OH is 1. The SMILES string of the molecule is C[C@@]1(O)C[C@H](O)CN(C(=O)[C@@H](N)CCCCN)C[C@H]1n1cnc2c(N)ncnc21. The number of likely N-dealkylation sites (tertiary alicyclic amines) is 1. The zero-order valence-electron chi connectivity index (χ0n) is 16.6. The van der Waals surface area contributed by atoms with Gasteiger partial charge in [0, 0.05) is 19.5 Å². The van der Waals surface area contributed by atoms with Gasteiger partial charge in [-0.15, -0.1) is 0 Å². The molecule has 0 radical (unpaired) electrons. The van der Waals surface area contributed by atoms with Crippen LogP contribution >= 0.6 is 0 Å². The molecular formula is C18H30N8O3. The van der Waals surface area contributed by atoms with Crippen molar-refractivity contribution in [3.05, 3.63) is 12.7 Å². The normalized spacial score (nSPS) is 26.4. The van der Waals surface area contributed by atoms with E-state index in [1.54, 1.807) is 11.5 Å². The number of nitrogen functional groups attached to an aromatic ring is 1. The summed E-state index contributed by atoms with van der Waals surface area (Å²) in [5.74, 6) is -0.0285. The van der Waals surface area contributed by atoms with Crippen molar-refractivity contribution in [1.82, 2.24) is 24.4 Å². The molecule has 0 unspecified atom stereocenters. The lowest BCUT2D eigenvalue weighted by atomic mass is 9.91. The summed E-state index contributed by atoms with van der Waals surface area (Å²) in [7, 11) is 0. The molecule has 1 amide bonds. The minimum atomic E-state index is -1.31. The van der Waals surface area contributed by atoms with Gasteiger partial charge in [0.1, 0.15) is 11.8 Å². The maximum Gasteiger partial charge on any atom is 0.239 e. The molecule has 2 aromatic rings. The van der Waals surface area contributed by atoms with Crippen LogP contribution in [0.15, 0.2) is 12.7 Å². The topological polar surface area (TPSA) is 182 Å². The summed E-state index contributed by atoms with van der Waals surface area (Å²) in [4.78, 5) is 26.9. The molecule has 1 aliphatic rings. The molecule has 1 aliphatic heterocycles. The number of amides is 1. The Morgan fingerprint density at radius 2 is 2.10 bits per heavy atom. The number of hydrogen-bond donors (Lipinski definition) is 5. The molecule has 0 bridgehead atoms. The number of unbranched alkanes of at least 4 members (excludes halogenated alkanes) is 1. The number of fused-ring (bicyclic) bond motifs is 1. The fourth-order valence-electron chi connectivity index (χ4n) is 3.94. The van der Waals surface area contributed by atoms with E-state index >= 15 is 0 Å². The summed E-state index contributed by atoms with van der Waals surface area (Å²) < 4.78 is 1.69. The molecule has 8 N–H and O–H groups in total. The predicted molar refractivity (Wildman–Crippen MR) is 107 cm³/mol. The molecule has 11 nitrogen and oxygen atoms in total. The molecule has 0 saturated carbocycles. The largest absolute Gasteiger partial charge is 0.391 e. The van der Waals surface area contributed by atoms with Crippen molar-refractivity contribution in [1.29, 1.82) is 0 Å². The second-order valence-electron chi connectivity index (χ2n) is 7.95. The van der Waals surface area contributed by atoms with Gasteiger partial charge in [-0.05, 0) is 26.3 Å². The van der Waals surface area contributed by atoms with Crippen molar-refractivity contribution in [3.8, 4) is 0 Å². The van der Waals surface area contributed by atoms with Gasteiger partial charge in [0.2, 0.25) is 5.91 Å². The number of nitrogens with zero attached hydrogens (tertiary/aromatic N) is 5. The molecule has 3 rings (SSSR count). The first-order chi connectivity index (χ1) is 13.7. The number of carbonyl (C=O) groups excluding carboxylic acids is 1. The average molecular weight is 406 g/mol. The van der Waals surface area contributed by atoms with Gasteiger partial charge in [-0.2, -0.15) is 0 Å². The minimum Gasteiger partial charge on any atom is -0.391 e. The predicted octanol–water partition coefficient (Wildman–Crippen LogP) is -1.25. The van der Waals surface area contributed by atoms with E-state index in [1.807, 2.05) is 0 Å². The number of β-amino-alcohol motifs (C(OH)–C–C–N with tert-alkyl or cyclic N) is 1. The van der Waals surface area contributed by atoms with E-state index in [0.717, 1.165) is 12.8 Å². The van der Waals surface area contributed by atoms with Crippen LogP contribution in [0.3, 0.4) is 0 Å². The standard InChI is InChI=1S/C18H30N8O3/c1-18(29)6-11(27)7-25(17(28)12(20)4-2-3-5-19)8-13(18)26-10-24-14-15(21)22-9-23-16(14)26/h9-13,27,29H,2-8,19-20H2,1H3,(H2,21,22,23)/t11-,12-,13+,18+/m0/s1. The Bertz CT molecular complexity index is 855. The molecule has 0 spiro atoms. The highest BCUT2D eigenvalue weighted by molar-refractivity contribution is 5.82. The highest BCUT2D eigenvalue weighted by atomic mass is 16.3. The van der Waals surface area contributed by atoms with Crippen LogP contribution in [0.5, 0.6) is 0 Å². The second kappa shape index (κ2) is 8.57. The van der Waals surface area contributed by atoms with Gasteiger partial charge < -0.3 is 36.9 Å². The van der Waals surface area contributed by atoms with Gasteiger partial charge in [-0.3, -0.25) is 4.79 Å². The summed E-state index contributed by atoms with van der Waals surface area (Å²) >= 11 is 0. The number of carbonyl (C=O) groups is 1. The van der Waals surface area contributed by atoms with Gasteiger partial charge in [-0.25, -0.2) is 15.0 Å². The van der Waals surface area contributed by atoms with Crippen LogP contribution in [0.2, 0.25) is 0 Å². The number of anilines is 1. The zero-order chi connectivity index (χ0) is 21.2. The number of rotatable bonds is 6. The van der Waals surface area contributed by atoms with Gasteiger partial charge in [-0.1, -0.05) is 6.42 Å². The van der Waals surface area contributed by atoms with Crippen molar-refractivity contribution in [2.24, 2.45) is 11.5 Å². The van der Waals surface area contributed by atoms with E-state index in [1.165, 1.54) is 17.6 Å². The first-order valence-corrected chi connectivity index (χ1v) is 9.82. The maximum atomic E-state index is 12.9. The third-order valence-electron chi connectivity index (χ3n) is 5.51. The molecule has 3 heterocycles. The number of aliphatic hydroxyl groups is 2. The lowest BCUT2D eigenvalue weighted by Crippen LogP contribution is -2.48. The fraction of sp³-hybridized carbons (Fsp3) is 0.667. The van der Waals surface area contributed by atoms with Gasteiger partial charge in [0.15, 0.2) is 11.5 Å². The summed E-state index contributed by atoms with van der Waals surface area (Å²) in [5, 5.41) is 21.6. The molecule has 0 aliphatic carbocycles. The minimum absolute atomic E-state index is 0.0874. The summed E-state index contributed by atoms with van der Waals surface area (Å²) in [6.45, 7) is 2.43. The van der Waals surface area contributed by atoms with Crippen LogP contribution in [0.4, 0.5) is 5.82 Å². The van der Waals surface area contributed by atoms with Crippen LogP contribution in [-0.4, -0.2) is 77.9 Å². The first-order valence-electron chi connectivity index (χ1n) is 9.82. The fourth-order valence-corrected chi connectivity index (χ4v) is 3.94. The Hall–Kier alpha value is -2.34. The first kappa shape index (κ1) is 21.4. The molecule has 0 aromatic carbocycles. The lowest BCUT2D eigenvalue weighted by molar-refractivity contribution is -0.134. The lowest BCUT2D eigenvalue weighted by Gasteiger charge is -2.34. The second-order valence-corrected chi connectivity index (χ2v) is 7.95. The number of aromatic nitrogens is 4. The van der Waals surface area contributed by atoms with Crippen LogP contribution in [-0.2, 0) is 4.79 Å². The van der Waals surface area contributed by atoms with Crippen molar-refractivity contribution < 1.29 is 15.0 Å². The Morgan fingerprint density at radius 3 is 2.83 bits per heavy atom. The third-order valence-corrected chi connectivity index (χ3v) is 5.51. The highest BCUT2D eigenvalue weighted by Gasteiger charge is 2.42. The van der Waals surface area contributed by atoms with Crippen LogP contribution in [0, 0.1) is 0 Å². The molecule has 1 saturated heterocycles. The average Bonchev–Trinajstić information content (AvgIpc) is 3.04. The summed E-state index contributed by atoms with van der Waals surface area (Å²) in [5.41, 5.74) is 17.0. The number of hydrogen-bond acceptors (Lipinski definition) is 9. The van der Waals surface area contributed by atoms with E-state index < -0.39 is 23.8 Å². The van der Waals surface area contributed by atoms with Crippen LogP contribution in [0.25, 0.3) is 11.2 Å². The smallest absolute Gasteiger partial charge is 0.239 e. The van der Waals surface area contributed by atoms with Crippen molar-refractivity contribution >= 4 is 22.9 Å². The van der Waals surface area contributed by atoms with Crippen molar-refractivity contribution in [2.75, 3.05) is 25.4 Å². The maximum absolute atomic E-state index is 12.9. The van der Waals surface area contributed by atoms with E-state index in [4.69, 9.17) is 17.2 Å². The van der Waals surface area contributed by atoms with Gasteiger partial charge in [0.05, 0.1) is 30.1 Å². The van der Waals surface area contributed by atoms with Crippen molar-refractivity contribution in [3.63, 3.8) is 0 Å². The highest BCUT2D eigenvalue weighted by Crippen LogP contribution is 2.34. The summed E-state index contributed by atoms with van der Waals surface area (Å²) in [6, 6.07) is -1.28. The number of nitrogens with two attached hydrogens (primary N) is 3. The molecule has 4 atom stereocenters. The molecule has 29 heavy (non-hydrogen) atoms. The molecule has 11 heteroatoms. The van der Waals surface area contributed by atoms with Crippen molar-refractivity contribution in [2.45, 2.75) is 56.4 Å². The number of imidazole rings is 1. The summed E-state index contributed by atoms with van der Waals surface area (Å²) in [6.07, 6.45) is 4.12. The van der Waals surface area contributed by atoms with E-state index in [2.05, 4.69) is 15.0 Å². The van der Waals surface area contributed by atoms with Crippen LogP contribution < -0.4 is 17.2 Å². The van der Waals surface area contributed by atoms with E-state index in [-0.39, 0.29) is 31.2 Å². The van der Waals surface area contributed by atoms with Gasteiger partial charge >= 0.3 is 0 Å². The Labute approximate surface area is 168 Å². The van der Waals surface area contributed by atoms with Crippen LogP contribution in [0.1, 0.15) is 38.6 Å². The van der Waals surface area contributed by atoms with Gasteiger partial charge in [0.25, 0.3) is 0 Å². The quantitative estimate of drug-likeness (QED) is 0.366. The Kier molecular flexibility index (Phi) is 6.32.